The smallest absolute Gasteiger partial charge is 0.126 e. The summed E-state index contributed by atoms with van der Waals surface area (Å²) in [5, 5.41) is 3.61. The summed E-state index contributed by atoms with van der Waals surface area (Å²) < 4.78 is 0. The molecule has 2 atom stereocenters. The lowest BCUT2D eigenvalue weighted by Crippen LogP contribution is -2.27. The van der Waals surface area contributed by atoms with Crippen molar-refractivity contribution in [3.8, 4) is 0 Å². The normalized spacial score (nSPS) is 24.2. The molecule has 2 heteroatoms. The first-order chi connectivity index (χ1) is 8.99. The van der Waals surface area contributed by atoms with Crippen LogP contribution in [-0.4, -0.2) is 11.0 Å². The van der Waals surface area contributed by atoms with Gasteiger partial charge in [0.25, 0.3) is 0 Å². The number of nitrogens with one attached hydrogen (secondary N) is 1. The van der Waals surface area contributed by atoms with Crippen LogP contribution in [0, 0.1) is 5.92 Å². The van der Waals surface area contributed by atoms with Crippen molar-refractivity contribution in [2.24, 2.45) is 5.92 Å². The topological polar surface area (TPSA) is 24.9 Å². The van der Waals surface area contributed by atoms with Crippen LogP contribution in [0.1, 0.15) is 65.4 Å². The predicted molar refractivity (Wildman–Crippen MR) is 82.6 cm³/mol. The average Bonchev–Trinajstić information content (AvgIpc) is 2.38. The number of pyridine rings is 1. The summed E-state index contributed by atoms with van der Waals surface area (Å²) in [4.78, 5) is 4.58. The summed E-state index contributed by atoms with van der Waals surface area (Å²) in [5.41, 5.74) is 1.48. The van der Waals surface area contributed by atoms with Crippen LogP contribution in [0.25, 0.3) is 0 Å². The van der Waals surface area contributed by atoms with E-state index in [1.54, 1.807) is 0 Å². The van der Waals surface area contributed by atoms with Gasteiger partial charge in [0.05, 0.1) is 0 Å². The van der Waals surface area contributed by atoms with E-state index in [9.17, 15) is 0 Å². The van der Waals surface area contributed by atoms with Crippen molar-refractivity contribution >= 4 is 5.82 Å². The Kier molecular flexibility index (Phi) is 4.49. The molecule has 2 unspecified atom stereocenters. The van der Waals surface area contributed by atoms with Gasteiger partial charge in [0.15, 0.2) is 0 Å². The first kappa shape index (κ1) is 14.4. The fourth-order valence-corrected chi connectivity index (χ4v) is 2.92. The molecule has 0 saturated heterocycles. The van der Waals surface area contributed by atoms with Crippen molar-refractivity contribution in [1.82, 2.24) is 4.98 Å². The molecule has 2 nitrogen and oxygen atoms in total. The van der Waals surface area contributed by atoms with Gasteiger partial charge in [-0.05, 0) is 35.8 Å². The van der Waals surface area contributed by atoms with E-state index in [0.717, 1.165) is 11.7 Å². The van der Waals surface area contributed by atoms with Crippen molar-refractivity contribution in [1.29, 1.82) is 0 Å². The molecule has 19 heavy (non-hydrogen) atoms. The maximum absolute atomic E-state index is 4.58. The van der Waals surface area contributed by atoms with Crippen molar-refractivity contribution in [2.75, 3.05) is 5.32 Å². The van der Waals surface area contributed by atoms with E-state index >= 15 is 0 Å². The molecule has 0 bridgehead atoms. The second-order valence-electron chi connectivity index (χ2n) is 6.96. The van der Waals surface area contributed by atoms with Crippen molar-refractivity contribution < 1.29 is 0 Å². The van der Waals surface area contributed by atoms with Gasteiger partial charge in [0, 0.05) is 12.2 Å². The molecule has 0 spiro atoms. The number of nitrogens with zero attached hydrogens (tertiary/aromatic N) is 1. The molecule has 1 N–H and O–H groups in total. The third-order valence-electron chi connectivity index (χ3n) is 4.34. The van der Waals surface area contributed by atoms with Crippen LogP contribution in [0.5, 0.6) is 0 Å². The Bertz CT molecular complexity index is 389. The molecule has 1 aromatic heterocycles. The molecule has 1 heterocycles. The van der Waals surface area contributed by atoms with Gasteiger partial charge in [-0.25, -0.2) is 4.98 Å². The zero-order valence-electron chi connectivity index (χ0n) is 12.9. The van der Waals surface area contributed by atoms with Crippen molar-refractivity contribution in [3.05, 3.63) is 23.9 Å². The second-order valence-corrected chi connectivity index (χ2v) is 6.96. The molecular weight excluding hydrogens is 232 g/mol. The van der Waals surface area contributed by atoms with Crippen LogP contribution in [0.3, 0.4) is 0 Å². The zero-order chi connectivity index (χ0) is 13.9. The highest BCUT2D eigenvalue weighted by Crippen LogP contribution is 2.28. The maximum Gasteiger partial charge on any atom is 0.126 e. The van der Waals surface area contributed by atoms with Crippen molar-refractivity contribution in [2.45, 2.75) is 71.3 Å². The van der Waals surface area contributed by atoms with Crippen LogP contribution in [0.4, 0.5) is 5.82 Å². The molecule has 0 aromatic carbocycles. The molecule has 0 aliphatic heterocycles. The molecule has 1 fully saturated rings. The van der Waals surface area contributed by atoms with E-state index in [1.807, 2.05) is 6.20 Å². The quantitative estimate of drug-likeness (QED) is 0.847. The summed E-state index contributed by atoms with van der Waals surface area (Å²) in [7, 11) is 0. The maximum atomic E-state index is 4.58. The van der Waals surface area contributed by atoms with Crippen molar-refractivity contribution in [3.63, 3.8) is 0 Å². The molecule has 1 aliphatic rings. The number of hydrogen-bond donors (Lipinski definition) is 1. The van der Waals surface area contributed by atoms with Crippen LogP contribution < -0.4 is 5.32 Å². The van der Waals surface area contributed by atoms with Crippen LogP contribution >= 0.6 is 0 Å². The molecule has 2 rings (SSSR count). The minimum absolute atomic E-state index is 0.184. The van der Waals surface area contributed by atoms with E-state index < -0.39 is 0 Å². The van der Waals surface area contributed by atoms with Gasteiger partial charge in [-0.2, -0.15) is 0 Å². The summed E-state index contributed by atoms with van der Waals surface area (Å²) in [6.07, 6.45) is 8.69. The molecule has 106 valence electrons. The van der Waals surface area contributed by atoms with Gasteiger partial charge < -0.3 is 5.32 Å². The summed E-state index contributed by atoms with van der Waals surface area (Å²) in [5.74, 6) is 1.94. The fraction of sp³-hybridized carbons (Fsp3) is 0.706. The van der Waals surface area contributed by atoms with E-state index in [1.165, 1.54) is 37.7 Å². The average molecular weight is 260 g/mol. The molecule has 1 aliphatic carbocycles. The standard InChI is InChI=1S/C17H28N2/c1-5-13-7-6-8-15(11-13)19-16-10-9-14(12-18-16)17(2,3)4/h9-10,12-13,15H,5-8,11H2,1-4H3,(H,18,19). The Morgan fingerprint density at radius 3 is 2.63 bits per heavy atom. The van der Waals surface area contributed by atoms with Gasteiger partial charge in [-0.1, -0.05) is 53.0 Å². The van der Waals surface area contributed by atoms with Gasteiger partial charge in [0.2, 0.25) is 0 Å². The summed E-state index contributed by atoms with van der Waals surface area (Å²) in [6, 6.07) is 4.96. The largest absolute Gasteiger partial charge is 0.367 e. The SMILES string of the molecule is CCC1CCCC(Nc2ccc(C(C)(C)C)cn2)C1. The van der Waals surface area contributed by atoms with E-state index in [-0.39, 0.29) is 5.41 Å². The number of hydrogen-bond acceptors (Lipinski definition) is 2. The Morgan fingerprint density at radius 2 is 2.05 bits per heavy atom. The van der Waals surface area contributed by atoms with E-state index in [4.69, 9.17) is 0 Å². The Morgan fingerprint density at radius 1 is 1.26 bits per heavy atom. The lowest BCUT2D eigenvalue weighted by molar-refractivity contribution is 0.327. The molecule has 0 amide bonds. The highest BCUT2D eigenvalue weighted by molar-refractivity contribution is 5.38. The summed E-state index contributed by atoms with van der Waals surface area (Å²) >= 11 is 0. The van der Waals surface area contributed by atoms with E-state index in [0.29, 0.717) is 6.04 Å². The first-order valence-electron chi connectivity index (χ1n) is 7.72. The minimum atomic E-state index is 0.184. The highest BCUT2D eigenvalue weighted by Gasteiger charge is 2.21. The predicted octanol–water partition coefficient (Wildman–Crippen LogP) is 4.76. The highest BCUT2D eigenvalue weighted by atomic mass is 15.0. The second kappa shape index (κ2) is 5.94. The van der Waals surface area contributed by atoms with E-state index in [2.05, 4.69) is 50.1 Å². The molecule has 1 aromatic rings. The fourth-order valence-electron chi connectivity index (χ4n) is 2.92. The molecule has 1 saturated carbocycles. The monoisotopic (exact) mass is 260 g/mol. The van der Waals surface area contributed by atoms with Gasteiger partial charge in [-0.3, -0.25) is 0 Å². The van der Waals surface area contributed by atoms with Gasteiger partial charge in [0.1, 0.15) is 5.82 Å². The summed E-state index contributed by atoms with van der Waals surface area (Å²) in [6.45, 7) is 8.99. The lowest BCUT2D eigenvalue weighted by Gasteiger charge is -2.29. The third-order valence-corrected chi connectivity index (χ3v) is 4.34. The number of anilines is 1. The molecule has 0 radical (unpaired) electrons. The zero-order valence-corrected chi connectivity index (χ0v) is 12.9. The van der Waals surface area contributed by atoms with Crippen LogP contribution in [0.15, 0.2) is 18.3 Å². The van der Waals surface area contributed by atoms with Crippen LogP contribution in [-0.2, 0) is 5.41 Å². The van der Waals surface area contributed by atoms with Gasteiger partial charge >= 0.3 is 0 Å². The first-order valence-corrected chi connectivity index (χ1v) is 7.72. The number of rotatable bonds is 3. The van der Waals surface area contributed by atoms with Crippen LogP contribution in [0.2, 0.25) is 0 Å². The number of aromatic nitrogens is 1. The Balaban J connectivity index is 1.96. The third kappa shape index (κ3) is 3.95. The Hall–Kier alpha value is -1.05. The minimum Gasteiger partial charge on any atom is -0.367 e. The Labute approximate surface area is 118 Å². The van der Waals surface area contributed by atoms with Gasteiger partial charge in [-0.15, -0.1) is 0 Å². The molecular formula is C17H28N2. The lowest BCUT2D eigenvalue weighted by atomic mass is 9.84.